The largest absolute Gasteiger partial charge is 0.465 e. The van der Waals surface area contributed by atoms with Gasteiger partial charge in [0, 0.05) is 10.5 Å². The summed E-state index contributed by atoms with van der Waals surface area (Å²) in [5.74, 6) is -0.578. The number of carbonyl (C=O) groups is 2. The minimum Gasteiger partial charge on any atom is -0.465 e. The first-order chi connectivity index (χ1) is 8.73. The highest BCUT2D eigenvalue weighted by atomic mass is 32.2. The van der Waals surface area contributed by atoms with Crippen LogP contribution in [-0.2, 0) is 19.1 Å². The van der Waals surface area contributed by atoms with Crippen LogP contribution >= 0.6 is 11.8 Å². The first-order valence-electron chi connectivity index (χ1n) is 6.72. The molecular formula is C14H26O4S. The van der Waals surface area contributed by atoms with E-state index in [4.69, 9.17) is 9.47 Å². The van der Waals surface area contributed by atoms with Crippen LogP contribution in [0.4, 0.5) is 0 Å². The highest BCUT2D eigenvalue weighted by molar-refractivity contribution is 8.00. The van der Waals surface area contributed by atoms with Crippen molar-refractivity contribution in [3.63, 3.8) is 0 Å². The smallest absolute Gasteiger partial charge is 0.324 e. The quantitative estimate of drug-likeness (QED) is 0.533. The normalized spacial score (nSPS) is 12.1. The Bertz CT molecular complexity index is 289. The highest BCUT2D eigenvalue weighted by Crippen LogP contribution is 2.36. The summed E-state index contributed by atoms with van der Waals surface area (Å²) in [6, 6.07) is 0. The van der Waals surface area contributed by atoms with Crippen LogP contribution in [0.2, 0.25) is 0 Å². The van der Waals surface area contributed by atoms with E-state index in [0.717, 1.165) is 0 Å². The zero-order valence-electron chi connectivity index (χ0n) is 12.9. The van der Waals surface area contributed by atoms with Gasteiger partial charge < -0.3 is 9.47 Å². The molecule has 0 atom stereocenters. The van der Waals surface area contributed by atoms with Crippen LogP contribution in [0.5, 0.6) is 0 Å². The molecule has 0 saturated heterocycles. The standard InChI is InChI=1S/C14H26O4S/c1-7-14(11(15)17-8-2,12(16)18-9-3)10-19-13(4,5)6/h7-10H2,1-6H3. The van der Waals surface area contributed by atoms with Crippen LogP contribution in [0.1, 0.15) is 48.0 Å². The van der Waals surface area contributed by atoms with Crippen molar-refractivity contribution in [2.75, 3.05) is 19.0 Å². The molecule has 0 spiro atoms. The molecule has 0 aromatic carbocycles. The van der Waals surface area contributed by atoms with Gasteiger partial charge in [-0.1, -0.05) is 27.7 Å². The fourth-order valence-electron chi connectivity index (χ4n) is 1.47. The van der Waals surface area contributed by atoms with Crippen molar-refractivity contribution in [1.82, 2.24) is 0 Å². The van der Waals surface area contributed by atoms with Gasteiger partial charge in [-0.2, -0.15) is 11.8 Å². The summed E-state index contributed by atoms with van der Waals surface area (Å²) < 4.78 is 10.1. The number of carbonyl (C=O) groups excluding carboxylic acids is 2. The van der Waals surface area contributed by atoms with Gasteiger partial charge in [-0.15, -0.1) is 0 Å². The van der Waals surface area contributed by atoms with Gasteiger partial charge in [0.05, 0.1) is 13.2 Å². The molecular weight excluding hydrogens is 264 g/mol. The Hall–Kier alpha value is -0.710. The van der Waals surface area contributed by atoms with Crippen LogP contribution in [0.15, 0.2) is 0 Å². The number of thioether (sulfide) groups is 1. The van der Waals surface area contributed by atoms with E-state index < -0.39 is 17.4 Å². The Labute approximate surface area is 120 Å². The van der Waals surface area contributed by atoms with Gasteiger partial charge in [0.25, 0.3) is 0 Å². The molecule has 5 heteroatoms. The average molecular weight is 290 g/mol. The molecule has 19 heavy (non-hydrogen) atoms. The van der Waals surface area contributed by atoms with Gasteiger partial charge >= 0.3 is 11.9 Å². The van der Waals surface area contributed by atoms with Crippen molar-refractivity contribution < 1.29 is 19.1 Å². The van der Waals surface area contributed by atoms with Gasteiger partial charge in [0.2, 0.25) is 0 Å². The molecule has 0 aliphatic heterocycles. The van der Waals surface area contributed by atoms with E-state index >= 15 is 0 Å². The summed E-state index contributed by atoms with van der Waals surface area (Å²) in [5, 5.41) is 0. The SMILES string of the molecule is CCOC(=O)C(CC)(CSC(C)(C)C)C(=O)OCC. The molecule has 0 aromatic rings. The fraction of sp³-hybridized carbons (Fsp3) is 0.857. The van der Waals surface area contributed by atoms with Crippen LogP contribution in [0.25, 0.3) is 0 Å². The molecule has 4 nitrogen and oxygen atoms in total. The van der Waals surface area contributed by atoms with E-state index in [1.807, 2.05) is 27.7 Å². The highest BCUT2D eigenvalue weighted by Gasteiger charge is 2.48. The minimum absolute atomic E-state index is 0.0284. The second-order valence-corrected chi connectivity index (χ2v) is 7.08. The van der Waals surface area contributed by atoms with Crippen LogP contribution in [0.3, 0.4) is 0 Å². The lowest BCUT2D eigenvalue weighted by Gasteiger charge is -2.30. The van der Waals surface area contributed by atoms with E-state index in [1.165, 1.54) is 0 Å². The van der Waals surface area contributed by atoms with Gasteiger partial charge in [0.1, 0.15) is 0 Å². The maximum atomic E-state index is 12.2. The average Bonchev–Trinajstić information content (AvgIpc) is 2.29. The Morgan fingerprint density at radius 1 is 0.947 bits per heavy atom. The summed E-state index contributed by atoms with van der Waals surface area (Å²) in [7, 11) is 0. The van der Waals surface area contributed by atoms with E-state index in [0.29, 0.717) is 12.2 Å². The maximum absolute atomic E-state index is 12.2. The van der Waals surface area contributed by atoms with Crippen molar-refractivity contribution in [3.05, 3.63) is 0 Å². The molecule has 0 aromatic heterocycles. The molecule has 0 aliphatic carbocycles. The topological polar surface area (TPSA) is 52.6 Å². The van der Waals surface area contributed by atoms with Crippen molar-refractivity contribution in [2.45, 2.75) is 52.7 Å². The molecule has 112 valence electrons. The third-order valence-corrected chi connectivity index (χ3v) is 4.19. The maximum Gasteiger partial charge on any atom is 0.324 e. The van der Waals surface area contributed by atoms with Gasteiger partial charge in [-0.3, -0.25) is 9.59 Å². The molecule has 0 saturated carbocycles. The zero-order valence-corrected chi connectivity index (χ0v) is 13.7. The Morgan fingerprint density at radius 2 is 1.37 bits per heavy atom. The molecule has 0 heterocycles. The van der Waals surface area contributed by atoms with Crippen molar-refractivity contribution in [1.29, 1.82) is 0 Å². The predicted octanol–water partition coefficient (Wildman–Crippen LogP) is 3.04. The summed E-state index contributed by atoms with van der Waals surface area (Å²) in [4.78, 5) is 24.4. The third-order valence-electron chi connectivity index (χ3n) is 2.69. The van der Waals surface area contributed by atoms with Crippen molar-refractivity contribution >= 4 is 23.7 Å². The molecule has 0 amide bonds. The second kappa shape index (κ2) is 7.78. The summed E-state index contributed by atoms with van der Waals surface area (Å²) in [5.41, 5.74) is -1.19. The lowest BCUT2D eigenvalue weighted by atomic mass is 9.87. The van der Waals surface area contributed by atoms with Crippen molar-refractivity contribution in [3.8, 4) is 0 Å². The minimum atomic E-state index is -1.19. The number of hydrogen-bond acceptors (Lipinski definition) is 5. The summed E-state index contributed by atoms with van der Waals surface area (Å²) >= 11 is 1.57. The van der Waals surface area contributed by atoms with E-state index in [-0.39, 0.29) is 18.0 Å². The summed E-state index contributed by atoms with van der Waals surface area (Å²) in [6.07, 6.45) is 0.383. The van der Waals surface area contributed by atoms with Gasteiger partial charge in [-0.25, -0.2) is 0 Å². The van der Waals surface area contributed by atoms with Gasteiger partial charge in [-0.05, 0) is 20.3 Å². The number of ether oxygens (including phenoxy) is 2. The van der Waals surface area contributed by atoms with Crippen LogP contribution < -0.4 is 0 Å². The number of hydrogen-bond donors (Lipinski definition) is 0. The van der Waals surface area contributed by atoms with E-state index in [9.17, 15) is 9.59 Å². The molecule has 0 aliphatic rings. The predicted molar refractivity (Wildman–Crippen MR) is 78.2 cm³/mol. The molecule has 0 bridgehead atoms. The zero-order chi connectivity index (χ0) is 15.1. The lowest BCUT2D eigenvalue weighted by Crippen LogP contribution is -2.44. The Balaban J connectivity index is 5.17. The Morgan fingerprint density at radius 3 is 1.63 bits per heavy atom. The molecule has 0 fully saturated rings. The van der Waals surface area contributed by atoms with Gasteiger partial charge in [0.15, 0.2) is 5.41 Å². The third kappa shape index (κ3) is 5.43. The fourth-order valence-corrected chi connectivity index (χ4v) is 2.59. The first-order valence-corrected chi connectivity index (χ1v) is 7.70. The summed E-state index contributed by atoms with van der Waals surface area (Å²) in [6.45, 7) is 12.0. The number of rotatable bonds is 7. The van der Waals surface area contributed by atoms with Crippen LogP contribution in [-0.4, -0.2) is 35.7 Å². The van der Waals surface area contributed by atoms with E-state index in [1.54, 1.807) is 25.6 Å². The lowest BCUT2D eigenvalue weighted by molar-refractivity contribution is -0.170. The van der Waals surface area contributed by atoms with Crippen LogP contribution in [0, 0.1) is 5.41 Å². The molecule has 0 unspecified atom stereocenters. The van der Waals surface area contributed by atoms with E-state index in [2.05, 4.69) is 0 Å². The molecule has 0 radical (unpaired) electrons. The molecule has 0 N–H and O–H groups in total. The monoisotopic (exact) mass is 290 g/mol. The first kappa shape index (κ1) is 18.3. The molecule has 0 rings (SSSR count). The number of esters is 2. The Kier molecular flexibility index (Phi) is 7.49. The van der Waals surface area contributed by atoms with Crippen molar-refractivity contribution in [2.24, 2.45) is 5.41 Å². The second-order valence-electron chi connectivity index (χ2n) is 5.28.